The standard InChI is InChI=1S/C12H17BrN2O2S/c1-2-18(16,17)15-5-3-4-10(9-15)11-6-12(13)8-14-7-11/h6-8,10H,2-5,9H2,1H3. The maximum Gasteiger partial charge on any atom is 0.213 e. The molecule has 18 heavy (non-hydrogen) atoms. The van der Waals surface area contributed by atoms with Crippen LogP contribution in [0.25, 0.3) is 0 Å². The Kier molecular flexibility index (Phi) is 4.40. The topological polar surface area (TPSA) is 50.3 Å². The fraction of sp³-hybridized carbons (Fsp3) is 0.583. The van der Waals surface area contributed by atoms with E-state index in [0.29, 0.717) is 13.1 Å². The van der Waals surface area contributed by atoms with Gasteiger partial charge in [0.15, 0.2) is 0 Å². The van der Waals surface area contributed by atoms with Crippen LogP contribution in [0.5, 0.6) is 0 Å². The summed E-state index contributed by atoms with van der Waals surface area (Å²) in [7, 11) is -3.07. The fourth-order valence-corrected chi connectivity index (χ4v) is 3.86. The van der Waals surface area contributed by atoms with Gasteiger partial charge in [-0.15, -0.1) is 0 Å². The Hall–Kier alpha value is -0.460. The van der Waals surface area contributed by atoms with Gasteiger partial charge in [-0.3, -0.25) is 4.98 Å². The van der Waals surface area contributed by atoms with Crippen LogP contribution in [-0.4, -0.2) is 36.5 Å². The van der Waals surface area contributed by atoms with Crippen LogP contribution in [0, 0.1) is 0 Å². The van der Waals surface area contributed by atoms with Gasteiger partial charge in [0.2, 0.25) is 10.0 Å². The van der Waals surface area contributed by atoms with Crippen LogP contribution in [-0.2, 0) is 10.0 Å². The summed E-state index contributed by atoms with van der Waals surface area (Å²) in [6.45, 7) is 2.92. The molecule has 1 fully saturated rings. The largest absolute Gasteiger partial charge is 0.263 e. The molecule has 0 bridgehead atoms. The van der Waals surface area contributed by atoms with E-state index in [1.54, 1.807) is 17.4 Å². The molecule has 0 radical (unpaired) electrons. The van der Waals surface area contributed by atoms with E-state index in [0.717, 1.165) is 22.9 Å². The van der Waals surface area contributed by atoms with Gasteiger partial charge >= 0.3 is 0 Å². The summed E-state index contributed by atoms with van der Waals surface area (Å²) in [6.07, 6.45) is 5.51. The third kappa shape index (κ3) is 3.10. The number of nitrogens with zero attached hydrogens (tertiary/aromatic N) is 2. The van der Waals surface area contributed by atoms with Crippen molar-refractivity contribution in [1.82, 2.24) is 9.29 Å². The first-order valence-electron chi connectivity index (χ1n) is 6.11. The minimum atomic E-state index is -3.07. The van der Waals surface area contributed by atoms with Crippen LogP contribution in [0.2, 0.25) is 0 Å². The second-order valence-corrected chi connectivity index (χ2v) is 7.71. The lowest BCUT2D eigenvalue weighted by Crippen LogP contribution is -2.39. The van der Waals surface area contributed by atoms with Crippen molar-refractivity contribution in [3.05, 3.63) is 28.5 Å². The number of hydrogen-bond donors (Lipinski definition) is 0. The van der Waals surface area contributed by atoms with Crippen molar-refractivity contribution in [3.63, 3.8) is 0 Å². The molecule has 0 aliphatic carbocycles. The summed E-state index contributed by atoms with van der Waals surface area (Å²) >= 11 is 3.40. The molecule has 0 spiro atoms. The van der Waals surface area contributed by atoms with Gasteiger partial charge in [0, 0.05) is 30.0 Å². The van der Waals surface area contributed by atoms with Crippen LogP contribution in [0.1, 0.15) is 31.2 Å². The van der Waals surface area contributed by atoms with Crippen LogP contribution in [0.3, 0.4) is 0 Å². The average Bonchev–Trinajstić information content (AvgIpc) is 2.39. The first kappa shape index (κ1) is 14.0. The van der Waals surface area contributed by atoms with Crippen molar-refractivity contribution in [3.8, 4) is 0 Å². The van der Waals surface area contributed by atoms with E-state index >= 15 is 0 Å². The van der Waals surface area contributed by atoms with Gasteiger partial charge in [-0.1, -0.05) is 0 Å². The molecule has 1 saturated heterocycles. The van der Waals surface area contributed by atoms with Crippen LogP contribution in [0.4, 0.5) is 0 Å². The highest BCUT2D eigenvalue weighted by Gasteiger charge is 2.28. The molecule has 1 aromatic heterocycles. The number of rotatable bonds is 3. The Bertz CT molecular complexity index is 519. The van der Waals surface area contributed by atoms with Gasteiger partial charge in [0.1, 0.15) is 0 Å². The van der Waals surface area contributed by atoms with E-state index in [-0.39, 0.29) is 11.7 Å². The number of hydrogen-bond acceptors (Lipinski definition) is 3. The first-order valence-corrected chi connectivity index (χ1v) is 8.51. The summed E-state index contributed by atoms with van der Waals surface area (Å²) in [6, 6.07) is 2.03. The Morgan fingerprint density at radius 1 is 1.50 bits per heavy atom. The molecule has 1 aliphatic heterocycles. The second-order valence-electron chi connectivity index (χ2n) is 4.53. The third-order valence-electron chi connectivity index (χ3n) is 3.34. The van der Waals surface area contributed by atoms with E-state index in [1.807, 2.05) is 12.3 Å². The highest BCUT2D eigenvalue weighted by molar-refractivity contribution is 9.10. The molecule has 0 aromatic carbocycles. The summed E-state index contributed by atoms with van der Waals surface area (Å²) in [5.74, 6) is 0.432. The highest BCUT2D eigenvalue weighted by Crippen LogP contribution is 2.29. The maximum absolute atomic E-state index is 11.9. The van der Waals surface area contributed by atoms with Gasteiger partial charge in [0.05, 0.1) is 5.75 Å². The molecule has 2 rings (SSSR count). The van der Waals surface area contributed by atoms with Crippen LogP contribution < -0.4 is 0 Å². The Morgan fingerprint density at radius 2 is 2.28 bits per heavy atom. The van der Waals surface area contributed by atoms with E-state index in [9.17, 15) is 8.42 Å². The molecular weight excluding hydrogens is 316 g/mol. The number of sulfonamides is 1. The number of piperidine rings is 1. The number of halogens is 1. The van der Waals surface area contributed by atoms with Crippen molar-refractivity contribution in [1.29, 1.82) is 0 Å². The minimum Gasteiger partial charge on any atom is -0.263 e. The van der Waals surface area contributed by atoms with E-state index in [4.69, 9.17) is 0 Å². The average molecular weight is 333 g/mol. The highest BCUT2D eigenvalue weighted by atomic mass is 79.9. The summed E-state index contributed by atoms with van der Waals surface area (Å²) in [5, 5.41) is 0. The quantitative estimate of drug-likeness (QED) is 0.853. The molecule has 1 unspecified atom stereocenters. The SMILES string of the molecule is CCS(=O)(=O)N1CCCC(c2cncc(Br)c2)C1. The zero-order valence-electron chi connectivity index (χ0n) is 10.3. The molecule has 1 atom stereocenters. The molecular formula is C12H17BrN2O2S. The van der Waals surface area contributed by atoms with Crippen LogP contribution >= 0.6 is 15.9 Å². The summed E-state index contributed by atoms with van der Waals surface area (Å²) in [4.78, 5) is 4.15. The maximum atomic E-state index is 11.9. The smallest absolute Gasteiger partial charge is 0.213 e. The monoisotopic (exact) mass is 332 g/mol. The first-order chi connectivity index (χ1) is 8.53. The van der Waals surface area contributed by atoms with Crippen molar-refractivity contribution in [2.45, 2.75) is 25.7 Å². The van der Waals surface area contributed by atoms with Crippen molar-refractivity contribution < 1.29 is 8.42 Å². The molecule has 4 nitrogen and oxygen atoms in total. The molecule has 6 heteroatoms. The van der Waals surface area contributed by atoms with E-state index in [2.05, 4.69) is 20.9 Å². The van der Waals surface area contributed by atoms with Gasteiger partial charge in [-0.2, -0.15) is 0 Å². The third-order valence-corrected chi connectivity index (χ3v) is 5.62. The molecule has 1 aliphatic rings. The summed E-state index contributed by atoms with van der Waals surface area (Å²) < 4.78 is 26.4. The normalized spacial score (nSPS) is 22.0. The predicted octanol–water partition coefficient (Wildman–Crippen LogP) is 2.37. The molecule has 0 saturated carbocycles. The summed E-state index contributed by atoms with van der Waals surface area (Å²) in [5.41, 5.74) is 1.11. The molecule has 0 N–H and O–H groups in total. The van der Waals surface area contributed by atoms with Gasteiger partial charge in [-0.25, -0.2) is 12.7 Å². The van der Waals surface area contributed by atoms with Gasteiger partial charge in [-0.05, 0) is 53.2 Å². The van der Waals surface area contributed by atoms with Crippen LogP contribution in [0.15, 0.2) is 22.9 Å². The van der Waals surface area contributed by atoms with Gasteiger partial charge in [0.25, 0.3) is 0 Å². The molecule has 0 amide bonds. The predicted molar refractivity (Wildman–Crippen MR) is 74.9 cm³/mol. The molecule has 2 heterocycles. The zero-order valence-corrected chi connectivity index (χ0v) is 12.7. The van der Waals surface area contributed by atoms with E-state index in [1.165, 1.54) is 0 Å². The fourth-order valence-electron chi connectivity index (χ4n) is 2.30. The van der Waals surface area contributed by atoms with Crippen molar-refractivity contribution >= 4 is 26.0 Å². The molecule has 100 valence electrons. The lowest BCUT2D eigenvalue weighted by Gasteiger charge is -2.31. The van der Waals surface area contributed by atoms with Gasteiger partial charge < -0.3 is 0 Å². The lowest BCUT2D eigenvalue weighted by atomic mass is 9.93. The number of pyridine rings is 1. The van der Waals surface area contributed by atoms with Crippen molar-refractivity contribution in [2.75, 3.05) is 18.8 Å². The lowest BCUT2D eigenvalue weighted by molar-refractivity contribution is 0.316. The Labute approximate surface area is 117 Å². The Morgan fingerprint density at radius 3 is 2.94 bits per heavy atom. The second kappa shape index (κ2) is 5.67. The zero-order chi connectivity index (χ0) is 13.2. The minimum absolute atomic E-state index is 0.177. The molecule has 1 aromatic rings. The number of aromatic nitrogens is 1. The van der Waals surface area contributed by atoms with Crippen molar-refractivity contribution in [2.24, 2.45) is 0 Å². The van der Waals surface area contributed by atoms with E-state index < -0.39 is 10.0 Å². The Balaban J connectivity index is 2.17.